The minimum atomic E-state index is -4.87. The Hall–Kier alpha value is -3.87. The molecule has 0 aliphatic rings. The van der Waals surface area contributed by atoms with Crippen molar-refractivity contribution < 1.29 is 35.9 Å². The van der Waals surface area contributed by atoms with Crippen molar-refractivity contribution in [2.75, 3.05) is 17.7 Å². The van der Waals surface area contributed by atoms with Crippen LogP contribution in [0.4, 0.5) is 43.4 Å². The zero-order valence-electron chi connectivity index (χ0n) is 17.6. The van der Waals surface area contributed by atoms with E-state index in [0.717, 1.165) is 13.2 Å². The van der Waals surface area contributed by atoms with Crippen molar-refractivity contribution in [2.24, 2.45) is 0 Å². The number of methoxy groups -OCH3 is 1. The molecule has 4 rings (SSSR count). The lowest BCUT2D eigenvalue weighted by atomic mass is 10.1. The lowest BCUT2D eigenvalue weighted by Crippen LogP contribution is -2.17. The van der Waals surface area contributed by atoms with E-state index in [1.807, 2.05) is 0 Å². The number of ether oxygens (including phenoxy) is 1. The normalized spacial score (nSPS) is 12.0. The fourth-order valence-corrected chi connectivity index (χ4v) is 3.97. The number of nitrogens with zero attached hydrogens (tertiary/aromatic N) is 2. The van der Waals surface area contributed by atoms with Gasteiger partial charge in [-0.1, -0.05) is 35.6 Å². The van der Waals surface area contributed by atoms with Crippen LogP contribution in [-0.4, -0.2) is 23.0 Å². The number of nitrogens with one attached hydrogen (secondary N) is 2. The molecule has 2 aromatic heterocycles. The molecule has 2 heterocycles. The summed E-state index contributed by atoms with van der Waals surface area (Å²) in [6, 6.07) is 12.9. The molecule has 13 heteroatoms. The van der Waals surface area contributed by atoms with Gasteiger partial charge in [-0.2, -0.15) is 31.3 Å². The van der Waals surface area contributed by atoms with Crippen LogP contribution in [0.1, 0.15) is 21.1 Å². The van der Waals surface area contributed by atoms with E-state index in [2.05, 4.69) is 20.6 Å². The summed E-state index contributed by atoms with van der Waals surface area (Å²) >= 11 is 0.431. The van der Waals surface area contributed by atoms with E-state index in [1.54, 1.807) is 18.2 Å². The molecule has 6 nitrogen and oxygen atoms in total. The maximum atomic E-state index is 13.3. The van der Waals surface area contributed by atoms with Gasteiger partial charge in [-0.05, 0) is 30.3 Å². The Bertz CT molecular complexity index is 1400. The summed E-state index contributed by atoms with van der Waals surface area (Å²) in [5.74, 6) is -1.07. The third-order valence-corrected chi connectivity index (χ3v) is 5.68. The van der Waals surface area contributed by atoms with Crippen LogP contribution >= 0.6 is 11.3 Å². The molecule has 2 aromatic carbocycles. The number of rotatable bonds is 5. The molecular weight excluding hydrogens is 498 g/mol. The standard InChI is InChI=1S/C22H14F6N4O2S/c1-34-20-32-18(22(26,27)28)17(35-20)19(33)30-12-6-4-5-11(9-12)29-15-10-16(21(23,24)25)31-14-8-3-2-7-13(14)15/h2-10H,1H3,(H,29,31)(H,30,33). The summed E-state index contributed by atoms with van der Waals surface area (Å²) < 4.78 is 84.4. The number of pyridine rings is 1. The minimum absolute atomic E-state index is 0.106. The highest BCUT2D eigenvalue weighted by Gasteiger charge is 2.40. The van der Waals surface area contributed by atoms with Gasteiger partial charge in [0.05, 0.1) is 18.3 Å². The summed E-state index contributed by atoms with van der Waals surface area (Å²) in [6.45, 7) is 0. The van der Waals surface area contributed by atoms with Gasteiger partial charge in [-0.15, -0.1) is 0 Å². The number of fused-ring (bicyclic) bond motifs is 1. The summed E-state index contributed by atoms with van der Waals surface area (Å²) in [5.41, 5.74) is -1.86. The molecule has 0 aliphatic carbocycles. The maximum Gasteiger partial charge on any atom is 0.435 e. The van der Waals surface area contributed by atoms with Crippen molar-refractivity contribution in [1.82, 2.24) is 9.97 Å². The molecule has 0 saturated carbocycles. The van der Waals surface area contributed by atoms with Gasteiger partial charge in [0.25, 0.3) is 11.1 Å². The van der Waals surface area contributed by atoms with Crippen LogP contribution in [0.25, 0.3) is 10.9 Å². The predicted molar refractivity (Wildman–Crippen MR) is 118 cm³/mol. The summed E-state index contributed by atoms with van der Waals surface area (Å²) in [6.07, 6.45) is -9.55. The Labute approximate surface area is 197 Å². The molecule has 0 unspecified atom stereocenters. The van der Waals surface area contributed by atoms with Crippen LogP contribution in [0.3, 0.4) is 0 Å². The molecule has 0 spiro atoms. The Morgan fingerprint density at radius 2 is 1.63 bits per heavy atom. The highest BCUT2D eigenvalue weighted by molar-refractivity contribution is 7.15. The monoisotopic (exact) mass is 512 g/mol. The quantitative estimate of drug-likeness (QED) is 0.290. The molecule has 0 atom stereocenters. The SMILES string of the molecule is COc1nc(C(F)(F)F)c(C(=O)Nc2cccc(Nc3cc(C(F)(F)F)nc4ccccc34)c2)s1. The summed E-state index contributed by atoms with van der Waals surface area (Å²) in [4.78, 5) is 18.8. The number of hydrogen-bond acceptors (Lipinski definition) is 6. The number of amides is 1. The van der Waals surface area contributed by atoms with Crippen molar-refractivity contribution in [1.29, 1.82) is 0 Å². The Balaban J connectivity index is 1.64. The molecule has 0 bridgehead atoms. The third kappa shape index (κ3) is 5.29. The molecular formula is C22H14F6N4O2S. The molecule has 182 valence electrons. The molecule has 4 aromatic rings. The van der Waals surface area contributed by atoms with Crippen LogP contribution in [0, 0.1) is 0 Å². The van der Waals surface area contributed by atoms with Gasteiger partial charge < -0.3 is 15.4 Å². The fraction of sp³-hybridized carbons (Fsp3) is 0.136. The first kappa shape index (κ1) is 24.3. The molecule has 2 N–H and O–H groups in total. The summed E-state index contributed by atoms with van der Waals surface area (Å²) in [5, 5.41) is 5.30. The maximum absolute atomic E-state index is 13.3. The van der Waals surface area contributed by atoms with Crippen LogP contribution in [0.2, 0.25) is 0 Å². The van der Waals surface area contributed by atoms with Gasteiger partial charge in [-0.25, -0.2) is 4.98 Å². The van der Waals surface area contributed by atoms with Gasteiger partial charge >= 0.3 is 12.4 Å². The Morgan fingerprint density at radius 1 is 0.914 bits per heavy atom. The van der Waals surface area contributed by atoms with Crippen LogP contribution in [0.15, 0.2) is 54.6 Å². The average Bonchev–Trinajstić information content (AvgIpc) is 3.24. The fourth-order valence-electron chi connectivity index (χ4n) is 3.18. The number of halogens is 6. The molecule has 0 saturated heterocycles. The Morgan fingerprint density at radius 3 is 2.31 bits per heavy atom. The molecule has 0 radical (unpaired) electrons. The van der Waals surface area contributed by atoms with Crippen LogP contribution in [0.5, 0.6) is 5.19 Å². The number of alkyl halides is 6. The Kier molecular flexibility index (Phi) is 6.28. The highest BCUT2D eigenvalue weighted by Crippen LogP contribution is 2.38. The van der Waals surface area contributed by atoms with E-state index < -0.39 is 34.5 Å². The van der Waals surface area contributed by atoms with Gasteiger partial charge in [0.2, 0.25) is 0 Å². The van der Waals surface area contributed by atoms with E-state index in [4.69, 9.17) is 4.74 Å². The van der Waals surface area contributed by atoms with E-state index in [9.17, 15) is 31.1 Å². The minimum Gasteiger partial charge on any atom is -0.473 e. The smallest absolute Gasteiger partial charge is 0.435 e. The topological polar surface area (TPSA) is 76.1 Å². The predicted octanol–water partition coefficient (Wildman–Crippen LogP) is 6.73. The highest BCUT2D eigenvalue weighted by atomic mass is 32.1. The molecule has 35 heavy (non-hydrogen) atoms. The van der Waals surface area contributed by atoms with Gasteiger partial charge in [0.15, 0.2) is 5.69 Å². The molecule has 0 aliphatic heterocycles. The second-order valence-corrected chi connectivity index (χ2v) is 8.05. The lowest BCUT2D eigenvalue weighted by molar-refractivity contribution is -0.141. The number of thiazole rings is 1. The number of carbonyl (C=O) groups excluding carboxylic acids is 1. The second-order valence-electron chi connectivity index (χ2n) is 7.09. The number of carbonyl (C=O) groups is 1. The van der Waals surface area contributed by atoms with Crippen LogP contribution in [-0.2, 0) is 12.4 Å². The first-order chi connectivity index (χ1) is 16.5. The molecule has 1 amide bonds. The van der Waals surface area contributed by atoms with E-state index in [0.29, 0.717) is 16.7 Å². The zero-order chi connectivity index (χ0) is 25.4. The van der Waals surface area contributed by atoms with Gasteiger partial charge in [0.1, 0.15) is 10.6 Å². The molecule has 0 fully saturated rings. The second kappa shape index (κ2) is 9.06. The van der Waals surface area contributed by atoms with Crippen molar-refractivity contribution in [3.63, 3.8) is 0 Å². The number of para-hydroxylation sites is 1. The van der Waals surface area contributed by atoms with Gasteiger partial charge in [0, 0.05) is 16.8 Å². The van der Waals surface area contributed by atoms with Gasteiger partial charge in [-0.3, -0.25) is 4.79 Å². The number of benzene rings is 2. The van der Waals surface area contributed by atoms with Crippen LogP contribution < -0.4 is 15.4 Å². The van der Waals surface area contributed by atoms with Crippen molar-refractivity contribution >= 4 is 45.2 Å². The summed E-state index contributed by atoms with van der Waals surface area (Å²) in [7, 11) is 1.13. The zero-order valence-corrected chi connectivity index (χ0v) is 18.4. The van der Waals surface area contributed by atoms with Crippen molar-refractivity contribution in [3.8, 4) is 5.19 Å². The largest absolute Gasteiger partial charge is 0.473 e. The number of aromatic nitrogens is 2. The first-order valence-corrected chi connectivity index (χ1v) is 10.5. The third-order valence-electron chi connectivity index (χ3n) is 4.66. The lowest BCUT2D eigenvalue weighted by Gasteiger charge is -2.14. The average molecular weight is 512 g/mol. The van der Waals surface area contributed by atoms with E-state index in [-0.39, 0.29) is 27.8 Å². The first-order valence-electron chi connectivity index (χ1n) is 9.73. The number of hydrogen-bond donors (Lipinski definition) is 2. The number of anilines is 3. The van der Waals surface area contributed by atoms with E-state index >= 15 is 0 Å². The van der Waals surface area contributed by atoms with Crippen molar-refractivity contribution in [2.45, 2.75) is 12.4 Å². The van der Waals surface area contributed by atoms with E-state index in [1.165, 1.54) is 30.3 Å². The van der Waals surface area contributed by atoms with Crippen molar-refractivity contribution in [3.05, 3.63) is 70.9 Å².